The largest absolute Gasteiger partial charge is 0.457 e. The Morgan fingerprint density at radius 1 is 1.28 bits per heavy atom. The zero-order chi connectivity index (χ0) is 13.3. The molecular weight excluding hydrogens is 249 g/mol. The highest BCUT2D eigenvalue weighted by Gasteiger charge is 2.36. The van der Waals surface area contributed by atoms with Crippen molar-refractivity contribution in [3.63, 3.8) is 0 Å². The molecule has 0 bridgehead atoms. The molecule has 0 radical (unpaired) electrons. The maximum absolute atomic E-state index is 12.5. The fourth-order valence-corrected chi connectivity index (χ4v) is 1.78. The van der Waals surface area contributed by atoms with E-state index in [-0.39, 0.29) is 13.0 Å². The average Bonchev–Trinajstić information content (AvgIpc) is 2.60. The number of ketones is 1. The van der Waals surface area contributed by atoms with E-state index in [9.17, 15) is 22.8 Å². The van der Waals surface area contributed by atoms with Crippen molar-refractivity contribution in [3.05, 3.63) is 35.4 Å². The van der Waals surface area contributed by atoms with Crippen molar-refractivity contribution in [2.24, 2.45) is 5.92 Å². The van der Waals surface area contributed by atoms with Gasteiger partial charge >= 0.3 is 12.1 Å². The van der Waals surface area contributed by atoms with Gasteiger partial charge in [0.15, 0.2) is 12.4 Å². The molecule has 1 aromatic rings. The van der Waals surface area contributed by atoms with Gasteiger partial charge in [0.1, 0.15) is 5.92 Å². The van der Waals surface area contributed by atoms with Gasteiger partial charge in [-0.25, -0.2) is 0 Å². The van der Waals surface area contributed by atoms with Gasteiger partial charge in [0, 0.05) is 0 Å². The molecule has 1 aromatic carbocycles. The van der Waals surface area contributed by atoms with Gasteiger partial charge in [-0.15, -0.1) is 0 Å². The number of hydrogen-bond acceptors (Lipinski definition) is 3. The van der Waals surface area contributed by atoms with Crippen molar-refractivity contribution in [3.8, 4) is 0 Å². The Morgan fingerprint density at radius 3 is 2.56 bits per heavy atom. The molecule has 0 aliphatic carbocycles. The highest BCUT2D eigenvalue weighted by Crippen LogP contribution is 2.30. The van der Waals surface area contributed by atoms with Crippen LogP contribution in [0.15, 0.2) is 24.3 Å². The van der Waals surface area contributed by atoms with E-state index in [1.807, 2.05) is 0 Å². The van der Waals surface area contributed by atoms with E-state index in [0.29, 0.717) is 5.56 Å². The molecule has 96 valence electrons. The zero-order valence-electron chi connectivity index (χ0n) is 9.16. The lowest BCUT2D eigenvalue weighted by Gasteiger charge is -2.09. The first-order chi connectivity index (χ1) is 8.38. The topological polar surface area (TPSA) is 43.4 Å². The lowest BCUT2D eigenvalue weighted by Crippen LogP contribution is -2.18. The van der Waals surface area contributed by atoms with E-state index in [4.69, 9.17) is 0 Å². The number of cyclic esters (lactones) is 1. The zero-order valence-corrected chi connectivity index (χ0v) is 9.16. The molecule has 1 heterocycles. The molecule has 0 N–H and O–H groups in total. The maximum Gasteiger partial charge on any atom is 0.416 e. The van der Waals surface area contributed by atoms with Crippen LogP contribution in [0, 0.1) is 5.92 Å². The number of carbonyl (C=O) groups is 2. The minimum atomic E-state index is -4.43. The minimum absolute atomic E-state index is 0.0540. The third-order valence-electron chi connectivity index (χ3n) is 2.72. The van der Waals surface area contributed by atoms with E-state index < -0.39 is 29.4 Å². The van der Waals surface area contributed by atoms with Gasteiger partial charge in [-0.05, 0) is 18.1 Å². The van der Waals surface area contributed by atoms with Gasteiger partial charge in [0.25, 0.3) is 0 Å². The molecule has 3 nitrogen and oxygen atoms in total. The normalized spacial score (nSPS) is 20.1. The second-order valence-corrected chi connectivity index (χ2v) is 4.03. The van der Waals surface area contributed by atoms with Crippen molar-refractivity contribution in [1.82, 2.24) is 0 Å². The van der Waals surface area contributed by atoms with Crippen molar-refractivity contribution >= 4 is 11.8 Å². The molecule has 2 rings (SSSR count). The number of halogens is 3. The third kappa shape index (κ3) is 2.52. The Balaban J connectivity index is 2.20. The first-order valence-corrected chi connectivity index (χ1v) is 5.23. The van der Waals surface area contributed by atoms with E-state index in [2.05, 4.69) is 4.74 Å². The Bertz CT molecular complexity index is 478. The summed E-state index contributed by atoms with van der Waals surface area (Å²) in [4.78, 5) is 22.5. The third-order valence-corrected chi connectivity index (χ3v) is 2.72. The second kappa shape index (κ2) is 4.44. The summed E-state index contributed by atoms with van der Waals surface area (Å²) in [5.74, 6) is -2.04. The molecule has 1 aliphatic heterocycles. The Kier molecular flexibility index (Phi) is 3.11. The standard InChI is InChI=1S/C12H9F3O3/c13-12(14,15)8-3-1-2-7(4-8)5-9-10(16)6-18-11(9)17/h1-4,9H,5-6H2. The average molecular weight is 258 g/mol. The Labute approximate surface area is 101 Å². The summed E-state index contributed by atoms with van der Waals surface area (Å²) in [5.41, 5.74) is -0.499. The van der Waals surface area contributed by atoms with Crippen LogP contribution in [0.4, 0.5) is 13.2 Å². The lowest BCUT2D eigenvalue weighted by molar-refractivity contribution is -0.141. The first kappa shape index (κ1) is 12.6. The van der Waals surface area contributed by atoms with E-state index in [1.165, 1.54) is 12.1 Å². The molecule has 1 atom stereocenters. The van der Waals surface area contributed by atoms with E-state index >= 15 is 0 Å². The lowest BCUT2D eigenvalue weighted by atomic mass is 9.96. The van der Waals surface area contributed by atoms with Crippen molar-refractivity contribution in [1.29, 1.82) is 0 Å². The molecule has 18 heavy (non-hydrogen) atoms. The molecule has 1 unspecified atom stereocenters. The minimum Gasteiger partial charge on any atom is -0.457 e. The molecule has 0 spiro atoms. The summed E-state index contributed by atoms with van der Waals surface area (Å²) in [6.07, 6.45) is -4.49. The van der Waals surface area contributed by atoms with Crippen LogP contribution in [0.1, 0.15) is 11.1 Å². The predicted molar refractivity (Wildman–Crippen MR) is 54.6 cm³/mol. The summed E-state index contributed by atoms with van der Waals surface area (Å²) in [6, 6.07) is 4.59. The second-order valence-electron chi connectivity index (χ2n) is 4.03. The number of alkyl halides is 3. The smallest absolute Gasteiger partial charge is 0.416 e. The molecule has 1 aliphatic rings. The van der Waals surface area contributed by atoms with E-state index in [1.54, 1.807) is 0 Å². The maximum atomic E-state index is 12.5. The number of benzene rings is 1. The Hall–Kier alpha value is -1.85. The summed E-state index contributed by atoms with van der Waals surface area (Å²) >= 11 is 0. The summed E-state index contributed by atoms with van der Waals surface area (Å²) in [6.45, 7) is -0.289. The van der Waals surface area contributed by atoms with Gasteiger partial charge in [0.05, 0.1) is 5.56 Å². The van der Waals surface area contributed by atoms with Crippen LogP contribution in [0.25, 0.3) is 0 Å². The van der Waals surface area contributed by atoms with Crippen LogP contribution >= 0.6 is 0 Å². The molecule has 1 saturated heterocycles. The number of carbonyl (C=O) groups excluding carboxylic acids is 2. The van der Waals surface area contributed by atoms with Gasteiger partial charge in [-0.3, -0.25) is 9.59 Å². The molecule has 0 amide bonds. The van der Waals surface area contributed by atoms with Crippen LogP contribution < -0.4 is 0 Å². The number of esters is 1. The van der Waals surface area contributed by atoms with Crippen LogP contribution in [0.2, 0.25) is 0 Å². The molecule has 1 fully saturated rings. The van der Waals surface area contributed by atoms with Crippen molar-refractivity contribution < 1.29 is 27.5 Å². The van der Waals surface area contributed by atoms with Crippen LogP contribution in [0.5, 0.6) is 0 Å². The van der Waals surface area contributed by atoms with Crippen LogP contribution in [-0.2, 0) is 26.9 Å². The van der Waals surface area contributed by atoms with Gasteiger partial charge in [0.2, 0.25) is 0 Å². The number of ether oxygens (including phenoxy) is 1. The molecule has 0 saturated carbocycles. The van der Waals surface area contributed by atoms with E-state index in [0.717, 1.165) is 12.1 Å². The van der Waals surface area contributed by atoms with Gasteiger partial charge < -0.3 is 4.74 Å². The highest BCUT2D eigenvalue weighted by atomic mass is 19.4. The Morgan fingerprint density at radius 2 is 2.00 bits per heavy atom. The van der Waals surface area contributed by atoms with Gasteiger partial charge in [-0.1, -0.05) is 18.2 Å². The monoisotopic (exact) mass is 258 g/mol. The van der Waals surface area contributed by atoms with Gasteiger partial charge in [-0.2, -0.15) is 13.2 Å². The highest BCUT2D eigenvalue weighted by molar-refractivity contribution is 6.04. The number of rotatable bonds is 2. The van der Waals surface area contributed by atoms with Crippen LogP contribution in [0.3, 0.4) is 0 Å². The molecule has 0 aromatic heterocycles. The summed E-state index contributed by atoms with van der Waals surface area (Å²) in [7, 11) is 0. The molecular formula is C12H9F3O3. The summed E-state index contributed by atoms with van der Waals surface area (Å²) < 4.78 is 42.0. The van der Waals surface area contributed by atoms with Crippen molar-refractivity contribution in [2.45, 2.75) is 12.6 Å². The molecule has 6 heteroatoms. The number of hydrogen-bond donors (Lipinski definition) is 0. The van der Waals surface area contributed by atoms with Crippen molar-refractivity contribution in [2.75, 3.05) is 6.61 Å². The summed E-state index contributed by atoms with van der Waals surface area (Å²) in [5, 5.41) is 0. The van der Waals surface area contributed by atoms with Crippen LogP contribution in [-0.4, -0.2) is 18.4 Å². The SMILES string of the molecule is O=C1COC(=O)C1Cc1cccc(C(F)(F)F)c1. The fourth-order valence-electron chi connectivity index (χ4n) is 1.78. The predicted octanol–water partition coefficient (Wildman–Crippen LogP) is 1.99. The number of Topliss-reactive ketones (excluding diaryl/α,β-unsaturated/α-hetero) is 1. The fraction of sp³-hybridized carbons (Fsp3) is 0.333. The quantitative estimate of drug-likeness (QED) is 0.602. The first-order valence-electron chi connectivity index (χ1n) is 5.23.